The van der Waals surface area contributed by atoms with Gasteiger partial charge in [-0.15, -0.1) is 0 Å². The fourth-order valence-electron chi connectivity index (χ4n) is 1.37. The van der Waals surface area contributed by atoms with E-state index in [-0.39, 0.29) is 0 Å². The molecule has 0 aromatic heterocycles. The minimum absolute atomic E-state index is 0.423. The zero-order valence-electron chi connectivity index (χ0n) is 11.0. The van der Waals surface area contributed by atoms with Gasteiger partial charge in [-0.05, 0) is 24.3 Å². The van der Waals surface area contributed by atoms with Crippen LogP contribution in [0.2, 0.25) is 10.0 Å². The third kappa shape index (κ3) is 6.49. The molecule has 2 aromatic rings. The monoisotopic (exact) mass is 327 g/mol. The first kappa shape index (κ1) is 17.3. The van der Waals surface area contributed by atoms with E-state index in [1.165, 1.54) is 0 Å². The number of carboxylic acid groups (broad SMARTS) is 1. The SMILES string of the molecule is Clc1ccccc1.O=C(O)C(CO)Nc1ccccc1Cl. The van der Waals surface area contributed by atoms with Crippen molar-refractivity contribution in [3.63, 3.8) is 0 Å². The zero-order chi connectivity index (χ0) is 15.7. The van der Waals surface area contributed by atoms with Gasteiger partial charge in [0.2, 0.25) is 0 Å². The number of hydrogen-bond donors (Lipinski definition) is 3. The van der Waals surface area contributed by atoms with Gasteiger partial charge in [0.1, 0.15) is 6.04 Å². The van der Waals surface area contributed by atoms with Crippen LogP contribution in [-0.4, -0.2) is 28.8 Å². The summed E-state index contributed by atoms with van der Waals surface area (Å²) in [7, 11) is 0. The summed E-state index contributed by atoms with van der Waals surface area (Å²) in [4.78, 5) is 10.6. The number of benzene rings is 2. The molecular weight excluding hydrogens is 313 g/mol. The van der Waals surface area contributed by atoms with E-state index in [0.29, 0.717) is 10.7 Å². The van der Waals surface area contributed by atoms with Crippen LogP contribution in [0.15, 0.2) is 54.6 Å². The lowest BCUT2D eigenvalue weighted by Crippen LogP contribution is -2.32. The highest BCUT2D eigenvalue weighted by molar-refractivity contribution is 6.33. The number of carboxylic acids is 1. The fourth-order valence-corrected chi connectivity index (χ4v) is 1.70. The van der Waals surface area contributed by atoms with E-state index in [4.69, 9.17) is 33.4 Å². The third-order valence-corrected chi connectivity index (χ3v) is 3.00. The molecule has 0 radical (unpaired) electrons. The summed E-state index contributed by atoms with van der Waals surface area (Å²) in [5, 5.41) is 21.3. The predicted octanol–water partition coefficient (Wildman–Crippen LogP) is 3.54. The van der Waals surface area contributed by atoms with Crippen molar-refractivity contribution in [1.82, 2.24) is 0 Å². The Morgan fingerprint density at radius 1 is 1.05 bits per heavy atom. The first-order valence-electron chi connectivity index (χ1n) is 6.10. The summed E-state index contributed by atoms with van der Waals surface area (Å²) in [5.74, 6) is -1.12. The quantitative estimate of drug-likeness (QED) is 0.803. The van der Waals surface area contributed by atoms with Crippen LogP contribution in [-0.2, 0) is 4.79 Å². The predicted molar refractivity (Wildman–Crippen MR) is 85.0 cm³/mol. The Kier molecular flexibility index (Phi) is 7.61. The average molecular weight is 328 g/mol. The average Bonchev–Trinajstić information content (AvgIpc) is 2.47. The van der Waals surface area contributed by atoms with Gasteiger partial charge in [0.15, 0.2) is 0 Å². The molecule has 0 saturated heterocycles. The highest BCUT2D eigenvalue weighted by atomic mass is 35.5. The molecule has 6 heteroatoms. The number of anilines is 1. The van der Waals surface area contributed by atoms with E-state index >= 15 is 0 Å². The van der Waals surface area contributed by atoms with Crippen molar-refractivity contribution in [2.45, 2.75) is 6.04 Å². The third-order valence-electron chi connectivity index (χ3n) is 2.42. The van der Waals surface area contributed by atoms with Gasteiger partial charge in [-0.2, -0.15) is 0 Å². The highest BCUT2D eigenvalue weighted by Crippen LogP contribution is 2.21. The maximum atomic E-state index is 10.6. The Morgan fingerprint density at radius 3 is 2.05 bits per heavy atom. The molecule has 1 atom stereocenters. The molecule has 3 N–H and O–H groups in total. The standard InChI is InChI=1S/C9H10ClNO3.C6H5Cl/c10-6-3-1-2-4-7(6)11-8(5-12)9(13)14;7-6-4-2-1-3-5-6/h1-4,8,11-12H,5H2,(H,13,14);1-5H. The van der Waals surface area contributed by atoms with Crippen molar-refractivity contribution in [2.24, 2.45) is 0 Å². The van der Waals surface area contributed by atoms with E-state index in [2.05, 4.69) is 5.32 Å². The summed E-state index contributed by atoms with van der Waals surface area (Å²) in [6.07, 6.45) is 0. The molecule has 0 bridgehead atoms. The molecule has 0 saturated carbocycles. The van der Waals surface area contributed by atoms with Crippen LogP contribution in [0.1, 0.15) is 0 Å². The second-order valence-electron chi connectivity index (χ2n) is 3.99. The lowest BCUT2D eigenvalue weighted by molar-refractivity contribution is -0.138. The van der Waals surface area contributed by atoms with Gasteiger partial charge in [-0.3, -0.25) is 0 Å². The first-order chi connectivity index (χ1) is 10.0. The van der Waals surface area contributed by atoms with Crippen LogP contribution in [0, 0.1) is 0 Å². The molecule has 4 nitrogen and oxygen atoms in total. The van der Waals surface area contributed by atoms with Crippen molar-refractivity contribution < 1.29 is 15.0 Å². The van der Waals surface area contributed by atoms with Gasteiger partial charge in [0, 0.05) is 5.02 Å². The molecule has 2 rings (SSSR count). The van der Waals surface area contributed by atoms with Gasteiger partial charge in [0.25, 0.3) is 0 Å². The maximum absolute atomic E-state index is 10.6. The summed E-state index contributed by atoms with van der Waals surface area (Å²) in [6.45, 7) is -0.486. The molecule has 1 unspecified atom stereocenters. The molecule has 0 fully saturated rings. The number of carbonyl (C=O) groups is 1. The number of nitrogens with one attached hydrogen (secondary N) is 1. The topological polar surface area (TPSA) is 69.6 Å². The Hall–Kier alpha value is -1.75. The van der Waals surface area contributed by atoms with Crippen molar-refractivity contribution in [3.05, 3.63) is 64.6 Å². The Balaban J connectivity index is 0.000000262. The summed E-state index contributed by atoms with van der Waals surface area (Å²) < 4.78 is 0. The van der Waals surface area contributed by atoms with Crippen LogP contribution in [0.3, 0.4) is 0 Å². The van der Waals surface area contributed by atoms with E-state index in [0.717, 1.165) is 5.02 Å². The van der Waals surface area contributed by atoms with Gasteiger partial charge >= 0.3 is 5.97 Å². The molecule has 0 heterocycles. The number of para-hydroxylation sites is 1. The van der Waals surface area contributed by atoms with Crippen LogP contribution >= 0.6 is 23.2 Å². The van der Waals surface area contributed by atoms with Crippen LogP contribution in [0.5, 0.6) is 0 Å². The molecule has 0 aliphatic heterocycles. The molecule has 0 aliphatic rings. The lowest BCUT2D eigenvalue weighted by atomic mass is 10.2. The van der Waals surface area contributed by atoms with E-state index in [1.807, 2.05) is 30.3 Å². The second-order valence-corrected chi connectivity index (χ2v) is 4.84. The molecule has 0 spiro atoms. The van der Waals surface area contributed by atoms with Crippen molar-refractivity contribution >= 4 is 34.9 Å². The normalized spacial score (nSPS) is 11.0. The largest absolute Gasteiger partial charge is 0.480 e. The molecule has 2 aromatic carbocycles. The van der Waals surface area contributed by atoms with Crippen LogP contribution in [0.25, 0.3) is 0 Å². The highest BCUT2D eigenvalue weighted by Gasteiger charge is 2.16. The van der Waals surface area contributed by atoms with E-state index in [9.17, 15) is 4.79 Å². The van der Waals surface area contributed by atoms with E-state index < -0.39 is 18.6 Å². The Morgan fingerprint density at radius 2 is 1.62 bits per heavy atom. The number of aliphatic hydroxyl groups excluding tert-OH is 1. The molecule has 0 amide bonds. The second kappa shape index (κ2) is 9.23. The molecule has 21 heavy (non-hydrogen) atoms. The van der Waals surface area contributed by atoms with Crippen molar-refractivity contribution in [2.75, 3.05) is 11.9 Å². The number of halogens is 2. The van der Waals surface area contributed by atoms with Gasteiger partial charge in [-0.1, -0.05) is 53.5 Å². The maximum Gasteiger partial charge on any atom is 0.328 e. The molecular formula is C15H15Cl2NO3. The Bertz CT molecular complexity index is 564. The summed E-state index contributed by atoms with van der Waals surface area (Å²) in [5.41, 5.74) is 0.496. The minimum atomic E-state index is -1.12. The number of rotatable bonds is 4. The van der Waals surface area contributed by atoms with Gasteiger partial charge in [0.05, 0.1) is 17.3 Å². The van der Waals surface area contributed by atoms with Crippen LogP contribution < -0.4 is 5.32 Å². The first-order valence-corrected chi connectivity index (χ1v) is 6.85. The number of aliphatic hydroxyl groups is 1. The number of hydrogen-bond acceptors (Lipinski definition) is 3. The number of aliphatic carboxylic acids is 1. The smallest absolute Gasteiger partial charge is 0.328 e. The van der Waals surface area contributed by atoms with E-state index in [1.54, 1.807) is 24.3 Å². The van der Waals surface area contributed by atoms with Crippen LogP contribution in [0.4, 0.5) is 5.69 Å². The summed E-state index contributed by atoms with van der Waals surface area (Å²) in [6, 6.07) is 15.2. The lowest BCUT2D eigenvalue weighted by Gasteiger charge is -2.13. The minimum Gasteiger partial charge on any atom is -0.480 e. The van der Waals surface area contributed by atoms with Gasteiger partial charge in [-0.25, -0.2) is 4.79 Å². The summed E-state index contributed by atoms with van der Waals surface area (Å²) >= 11 is 11.3. The fraction of sp³-hybridized carbons (Fsp3) is 0.133. The zero-order valence-corrected chi connectivity index (χ0v) is 12.6. The Labute approximate surface area is 132 Å². The molecule has 112 valence electrons. The molecule has 0 aliphatic carbocycles. The van der Waals surface area contributed by atoms with Crippen molar-refractivity contribution in [1.29, 1.82) is 0 Å². The van der Waals surface area contributed by atoms with Crippen molar-refractivity contribution in [3.8, 4) is 0 Å². The van der Waals surface area contributed by atoms with Gasteiger partial charge < -0.3 is 15.5 Å².